The van der Waals surface area contributed by atoms with Gasteiger partial charge < -0.3 is 14.8 Å². The van der Waals surface area contributed by atoms with Crippen molar-refractivity contribution in [3.63, 3.8) is 0 Å². The number of carbonyl (C=O) groups excluding carboxylic acids is 2. The number of nitrogens with zero attached hydrogens (tertiary/aromatic N) is 2. The van der Waals surface area contributed by atoms with Crippen LogP contribution < -0.4 is 20.2 Å². The van der Waals surface area contributed by atoms with E-state index in [1.807, 2.05) is 6.92 Å². The molecule has 1 heterocycles. The third kappa shape index (κ3) is 6.28. The van der Waals surface area contributed by atoms with Crippen LogP contribution in [0.15, 0.2) is 60.4 Å². The van der Waals surface area contributed by atoms with E-state index < -0.39 is 11.8 Å². The van der Waals surface area contributed by atoms with Gasteiger partial charge in [-0.2, -0.15) is 5.10 Å². The predicted molar refractivity (Wildman–Crippen MR) is 102 cm³/mol. The lowest BCUT2D eigenvalue weighted by Crippen LogP contribution is -2.32. The fourth-order valence-corrected chi connectivity index (χ4v) is 1.97. The lowest BCUT2D eigenvalue weighted by Gasteiger charge is -2.11. The van der Waals surface area contributed by atoms with Gasteiger partial charge in [0.25, 0.3) is 0 Å². The zero-order valence-electron chi connectivity index (χ0n) is 14.8. The van der Waals surface area contributed by atoms with Crippen LogP contribution in [0.3, 0.4) is 0 Å². The van der Waals surface area contributed by atoms with Gasteiger partial charge in [-0.1, -0.05) is 18.7 Å². The maximum absolute atomic E-state index is 11.8. The summed E-state index contributed by atoms with van der Waals surface area (Å²) in [7, 11) is 0. The molecular formula is C19H20N4O4. The molecule has 1 aromatic heterocycles. The van der Waals surface area contributed by atoms with Crippen molar-refractivity contribution in [3.05, 3.63) is 60.8 Å². The average Bonchev–Trinajstić information content (AvgIpc) is 2.68. The molecule has 0 unspecified atom stereocenters. The maximum atomic E-state index is 11.8. The third-order valence-electron chi connectivity index (χ3n) is 3.12. The van der Waals surface area contributed by atoms with Gasteiger partial charge in [0.05, 0.1) is 12.8 Å². The van der Waals surface area contributed by atoms with Gasteiger partial charge in [-0.3, -0.25) is 9.59 Å². The molecule has 8 heteroatoms. The molecule has 0 aliphatic heterocycles. The quantitative estimate of drug-likeness (QED) is 0.322. The number of pyridine rings is 1. The molecule has 0 saturated heterocycles. The van der Waals surface area contributed by atoms with Crippen LogP contribution in [0, 0.1) is 0 Å². The highest BCUT2D eigenvalue weighted by Gasteiger charge is 2.13. The van der Waals surface area contributed by atoms with E-state index in [1.165, 1.54) is 12.4 Å². The largest absolute Gasteiger partial charge is 0.490 e. The maximum Gasteiger partial charge on any atom is 0.329 e. The Balaban J connectivity index is 1.96. The van der Waals surface area contributed by atoms with Gasteiger partial charge in [-0.05, 0) is 42.8 Å². The molecule has 0 bridgehead atoms. The summed E-state index contributed by atoms with van der Waals surface area (Å²) in [5.74, 6) is -0.379. The smallest absolute Gasteiger partial charge is 0.329 e. The number of ether oxygens (including phenoxy) is 2. The molecule has 2 aromatic rings. The van der Waals surface area contributed by atoms with E-state index >= 15 is 0 Å². The van der Waals surface area contributed by atoms with Crippen molar-refractivity contribution in [1.82, 2.24) is 10.4 Å². The van der Waals surface area contributed by atoms with Crippen molar-refractivity contribution < 1.29 is 19.1 Å². The molecule has 2 rings (SSSR count). The number of nitrogens with one attached hydrogen (secondary N) is 2. The van der Waals surface area contributed by atoms with Gasteiger partial charge in [0, 0.05) is 6.20 Å². The summed E-state index contributed by atoms with van der Waals surface area (Å²) in [6.45, 7) is 6.29. The molecule has 27 heavy (non-hydrogen) atoms. The van der Waals surface area contributed by atoms with E-state index in [4.69, 9.17) is 9.47 Å². The van der Waals surface area contributed by atoms with E-state index in [-0.39, 0.29) is 5.82 Å². The van der Waals surface area contributed by atoms with Gasteiger partial charge in [0.2, 0.25) is 0 Å². The normalized spacial score (nSPS) is 10.3. The summed E-state index contributed by atoms with van der Waals surface area (Å²) in [6, 6.07) is 10.1. The fraction of sp³-hybridized carbons (Fsp3) is 0.158. The first-order valence-electron chi connectivity index (χ1n) is 8.20. The first-order valence-corrected chi connectivity index (χ1v) is 8.20. The lowest BCUT2D eigenvalue weighted by atomic mass is 10.2. The average molecular weight is 368 g/mol. The summed E-state index contributed by atoms with van der Waals surface area (Å²) in [5, 5.41) is 6.14. The third-order valence-corrected chi connectivity index (χ3v) is 3.12. The molecule has 140 valence electrons. The van der Waals surface area contributed by atoms with Crippen molar-refractivity contribution >= 4 is 23.8 Å². The van der Waals surface area contributed by atoms with Crippen LogP contribution in [0.4, 0.5) is 5.82 Å². The fourth-order valence-electron chi connectivity index (χ4n) is 1.97. The number of rotatable bonds is 8. The topological polar surface area (TPSA) is 102 Å². The van der Waals surface area contributed by atoms with E-state index in [0.717, 1.165) is 0 Å². The van der Waals surface area contributed by atoms with Gasteiger partial charge in [0.1, 0.15) is 12.4 Å². The second kappa shape index (κ2) is 10.3. The summed E-state index contributed by atoms with van der Waals surface area (Å²) in [5.41, 5.74) is 2.82. The number of benzene rings is 1. The number of hydrazone groups is 1. The highest BCUT2D eigenvalue weighted by atomic mass is 16.5. The second-order valence-electron chi connectivity index (χ2n) is 5.11. The van der Waals surface area contributed by atoms with Crippen LogP contribution in [0.1, 0.15) is 12.5 Å². The van der Waals surface area contributed by atoms with Crippen LogP contribution in [-0.2, 0) is 9.59 Å². The Kier molecular flexibility index (Phi) is 7.52. The second-order valence-corrected chi connectivity index (χ2v) is 5.11. The Morgan fingerprint density at radius 2 is 2.04 bits per heavy atom. The lowest BCUT2D eigenvalue weighted by molar-refractivity contribution is -0.136. The number of amides is 2. The number of aromatic nitrogens is 1. The molecule has 1 aromatic carbocycles. The van der Waals surface area contributed by atoms with Crippen LogP contribution >= 0.6 is 0 Å². The van der Waals surface area contributed by atoms with E-state index in [0.29, 0.717) is 30.3 Å². The molecule has 0 radical (unpaired) electrons. The molecule has 2 amide bonds. The summed E-state index contributed by atoms with van der Waals surface area (Å²) < 4.78 is 11.0. The van der Waals surface area contributed by atoms with Crippen molar-refractivity contribution in [3.8, 4) is 11.5 Å². The molecule has 0 aliphatic carbocycles. The zero-order valence-corrected chi connectivity index (χ0v) is 14.8. The van der Waals surface area contributed by atoms with Crippen molar-refractivity contribution in [2.75, 3.05) is 18.5 Å². The van der Waals surface area contributed by atoms with Gasteiger partial charge >= 0.3 is 11.8 Å². The van der Waals surface area contributed by atoms with Crippen LogP contribution in [0.5, 0.6) is 11.5 Å². The molecule has 0 spiro atoms. The minimum atomic E-state index is -0.909. The molecule has 0 fully saturated rings. The van der Waals surface area contributed by atoms with E-state index in [9.17, 15) is 9.59 Å². The van der Waals surface area contributed by atoms with Crippen LogP contribution in [0.2, 0.25) is 0 Å². The van der Waals surface area contributed by atoms with Gasteiger partial charge in [0.15, 0.2) is 11.5 Å². The Morgan fingerprint density at radius 1 is 1.19 bits per heavy atom. The van der Waals surface area contributed by atoms with Crippen molar-refractivity contribution in [1.29, 1.82) is 0 Å². The Morgan fingerprint density at radius 3 is 2.74 bits per heavy atom. The molecule has 2 N–H and O–H groups in total. The number of hydrogen-bond donors (Lipinski definition) is 2. The summed E-state index contributed by atoms with van der Waals surface area (Å²) in [6.07, 6.45) is 4.53. The number of anilines is 1. The zero-order chi connectivity index (χ0) is 19.5. The van der Waals surface area contributed by atoms with Crippen molar-refractivity contribution in [2.45, 2.75) is 6.92 Å². The van der Waals surface area contributed by atoms with E-state index in [2.05, 4.69) is 27.4 Å². The van der Waals surface area contributed by atoms with Crippen molar-refractivity contribution in [2.24, 2.45) is 5.10 Å². The number of hydrogen-bond acceptors (Lipinski definition) is 6. The SMILES string of the molecule is C=CCOc1ccc(C=NNC(=O)C(=O)Nc2ccccn2)cc1OCC. The highest BCUT2D eigenvalue weighted by Crippen LogP contribution is 2.28. The standard InChI is InChI=1S/C19H20N4O4/c1-3-11-27-15-9-8-14(12-16(15)26-4-2)13-21-23-19(25)18(24)22-17-7-5-6-10-20-17/h3,5-10,12-13H,1,4,11H2,2H3,(H,23,25)(H,20,22,24). The summed E-state index contributed by atoms with van der Waals surface area (Å²) in [4.78, 5) is 27.4. The molecule has 0 aliphatic rings. The Labute approximate surface area is 156 Å². The number of carbonyl (C=O) groups is 2. The highest BCUT2D eigenvalue weighted by molar-refractivity contribution is 6.39. The van der Waals surface area contributed by atoms with Crippen LogP contribution in [0.25, 0.3) is 0 Å². The van der Waals surface area contributed by atoms with Gasteiger partial charge in [-0.15, -0.1) is 0 Å². The predicted octanol–water partition coefficient (Wildman–Crippen LogP) is 2.13. The Hall–Kier alpha value is -3.68. The monoisotopic (exact) mass is 368 g/mol. The van der Waals surface area contributed by atoms with Crippen LogP contribution in [-0.4, -0.2) is 36.2 Å². The molecule has 0 saturated carbocycles. The van der Waals surface area contributed by atoms with E-state index in [1.54, 1.807) is 42.5 Å². The molecule has 0 atom stereocenters. The van der Waals surface area contributed by atoms with Gasteiger partial charge in [-0.25, -0.2) is 10.4 Å². The molecule has 8 nitrogen and oxygen atoms in total. The molecular weight excluding hydrogens is 348 g/mol. The Bertz CT molecular complexity index is 822. The first kappa shape index (κ1) is 19.6. The minimum Gasteiger partial charge on any atom is -0.490 e. The summed E-state index contributed by atoms with van der Waals surface area (Å²) >= 11 is 0. The first-order chi connectivity index (χ1) is 13.1. The minimum absolute atomic E-state index is 0.276.